The number of anilines is 2. The van der Waals surface area contributed by atoms with Crippen LogP contribution in [0.5, 0.6) is 0 Å². The molecule has 11 nitrogen and oxygen atoms in total. The summed E-state index contributed by atoms with van der Waals surface area (Å²) in [6.45, 7) is 4.64. The molecular formula is C25H31ClN6O5. The second-order valence-corrected chi connectivity index (χ2v) is 8.62. The molecule has 0 aliphatic heterocycles. The third-order valence-electron chi connectivity index (χ3n) is 5.65. The van der Waals surface area contributed by atoms with Crippen molar-refractivity contribution in [2.45, 2.75) is 19.9 Å². The Morgan fingerprint density at radius 3 is 2.62 bits per heavy atom. The van der Waals surface area contributed by atoms with Crippen molar-refractivity contribution in [2.24, 2.45) is 18.7 Å². The van der Waals surface area contributed by atoms with Gasteiger partial charge in [0.05, 0.1) is 24.2 Å². The molecule has 0 radical (unpaired) electrons. The number of carbonyl (C=O) groups excluding carboxylic acids is 2. The van der Waals surface area contributed by atoms with Crippen molar-refractivity contribution < 1.29 is 23.5 Å². The van der Waals surface area contributed by atoms with Crippen molar-refractivity contribution in [1.82, 2.24) is 19.9 Å². The minimum atomic E-state index is -0.644. The Labute approximate surface area is 220 Å². The van der Waals surface area contributed by atoms with Crippen LogP contribution >= 0.6 is 12.4 Å². The van der Waals surface area contributed by atoms with Crippen LogP contribution in [0.15, 0.2) is 46.9 Å². The van der Waals surface area contributed by atoms with Gasteiger partial charge in [-0.25, -0.2) is 4.98 Å². The zero-order valence-corrected chi connectivity index (χ0v) is 21.7. The topological polar surface area (TPSA) is 147 Å². The number of aromatic nitrogens is 3. The lowest BCUT2D eigenvalue weighted by Crippen LogP contribution is -2.37. The molecule has 0 bridgehead atoms. The summed E-state index contributed by atoms with van der Waals surface area (Å²) in [5, 5.41) is 5.90. The Balaban J connectivity index is 0.00000380. The first-order valence-corrected chi connectivity index (χ1v) is 11.7. The van der Waals surface area contributed by atoms with Gasteiger partial charge in [-0.05, 0) is 36.2 Å². The van der Waals surface area contributed by atoms with E-state index in [9.17, 15) is 9.59 Å². The SMILES string of the molecule is CC(C)[C@H](N)C(=O)OCCOCCNC(=O)c1ccc2c(c1)nc(Nc1nc3ccccc3o1)n2C.Cl. The monoisotopic (exact) mass is 530 g/mol. The number of hydrogen-bond acceptors (Lipinski definition) is 9. The summed E-state index contributed by atoms with van der Waals surface area (Å²) in [6, 6.07) is 12.5. The van der Waals surface area contributed by atoms with Crippen molar-refractivity contribution in [1.29, 1.82) is 0 Å². The summed E-state index contributed by atoms with van der Waals surface area (Å²) in [5.74, 6) is -0.138. The highest BCUT2D eigenvalue weighted by Gasteiger charge is 2.18. The maximum absolute atomic E-state index is 12.6. The minimum absolute atomic E-state index is 0. The van der Waals surface area contributed by atoms with Gasteiger partial charge >= 0.3 is 12.0 Å². The predicted octanol–water partition coefficient (Wildman–Crippen LogP) is 3.15. The first-order chi connectivity index (χ1) is 17.3. The van der Waals surface area contributed by atoms with E-state index in [-0.39, 0.29) is 44.1 Å². The highest BCUT2D eigenvalue weighted by molar-refractivity contribution is 5.97. The normalized spacial score (nSPS) is 11.9. The van der Waals surface area contributed by atoms with Crippen LogP contribution in [0.1, 0.15) is 24.2 Å². The van der Waals surface area contributed by atoms with Gasteiger partial charge in [0, 0.05) is 19.2 Å². The van der Waals surface area contributed by atoms with E-state index in [2.05, 4.69) is 20.6 Å². The predicted molar refractivity (Wildman–Crippen MR) is 142 cm³/mol. The van der Waals surface area contributed by atoms with Crippen molar-refractivity contribution in [2.75, 3.05) is 31.7 Å². The average molecular weight is 531 g/mol. The number of aryl methyl sites for hydroxylation is 1. The summed E-state index contributed by atoms with van der Waals surface area (Å²) >= 11 is 0. The van der Waals surface area contributed by atoms with Gasteiger partial charge in [-0.3, -0.25) is 14.9 Å². The quantitative estimate of drug-likeness (QED) is 0.196. The molecule has 12 heteroatoms. The smallest absolute Gasteiger partial charge is 0.323 e. The average Bonchev–Trinajstić information content (AvgIpc) is 3.42. The van der Waals surface area contributed by atoms with Crippen LogP contribution < -0.4 is 16.4 Å². The molecule has 2 aromatic heterocycles. The third kappa shape index (κ3) is 6.76. The molecule has 0 aliphatic carbocycles. The van der Waals surface area contributed by atoms with Crippen LogP contribution in [0.2, 0.25) is 0 Å². The molecule has 0 saturated heterocycles. The number of hydrogen-bond donors (Lipinski definition) is 3. The Morgan fingerprint density at radius 1 is 1.08 bits per heavy atom. The Morgan fingerprint density at radius 2 is 1.86 bits per heavy atom. The number of fused-ring (bicyclic) bond motifs is 2. The fraction of sp³-hybridized carbons (Fsp3) is 0.360. The van der Waals surface area contributed by atoms with Crippen LogP contribution in [-0.2, 0) is 21.3 Å². The number of amides is 1. The number of esters is 1. The first-order valence-electron chi connectivity index (χ1n) is 11.7. The Hall–Kier alpha value is -3.67. The number of imidazole rings is 1. The summed E-state index contributed by atoms with van der Waals surface area (Å²) < 4.78 is 18.0. The van der Waals surface area contributed by atoms with Crippen molar-refractivity contribution in [3.05, 3.63) is 48.0 Å². The fourth-order valence-electron chi connectivity index (χ4n) is 3.48. The van der Waals surface area contributed by atoms with Crippen molar-refractivity contribution in [3.63, 3.8) is 0 Å². The second-order valence-electron chi connectivity index (χ2n) is 8.62. The molecule has 0 saturated carbocycles. The molecule has 198 valence electrons. The maximum atomic E-state index is 12.6. The standard InChI is InChI=1S/C25H30N6O5.ClH/c1-15(2)21(26)23(33)35-13-12-34-11-10-27-22(32)16-8-9-19-18(14-16)28-24(31(19)3)30-25-29-17-6-4-5-7-20(17)36-25;/h4-9,14-15,21H,10-13,26H2,1-3H3,(H,27,32)(H,28,29,30);1H/t21-;/m0./s1. The third-order valence-corrected chi connectivity index (χ3v) is 5.65. The van der Waals surface area contributed by atoms with Crippen LogP contribution in [0.25, 0.3) is 22.1 Å². The summed E-state index contributed by atoms with van der Waals surface area (Å²) in [5.41, 5.74) is 9.13. The molecule has 0 unspecified atom stereocenters. The fourth-order valence-corrected chi connectivity index (χ4v) is 3.48. The molecule has 2 aromatic carbocycles. The van der Waals surface area contributed by atoms with Gasteiger partial charge in [0.2, 0.25) is 5.95 Å². The van der Waals surface area contributed by atoms with E-state index in [4.69, 9.17) is 19.6 Å². The van der Waals surface area contributed by atoms with Crippen molar-refractivity contribution in [3.8, 4) is 0 Å². The molecule has 0 fully saturated rings. The Bertz CT molecular complexity index is 1340. The highest BCUT2D eigenvalue weighted by Crippen LogP contribution is 2.24. The first kappa shape index (κ1) is 27.9. The van der Waals surface area contributed by atoms with E-state index in [1.165, 1.54) is 0 Å². The van der Waals surface area contributed by atoms with E-state index in [1.54, 1.807) is 12.1 Å². The number of nitrogens with one attached hydrogen (secondary N) is 2. The molecule has 0 spiro atoms. The van der Waals surface area contributed by atoms with Gasteiger partial charge < -0.3 is 29.5 Å². The number of ether oxygens (including phenoxy) is 2. The summed E-state index contributed by atoms with van der Waals surface area (Å²) in [6.07, 6.45) is 0. The number of benzene rings is 2. The Kier molecular flexibility index (Phi) is 9.45. The number of nitrogens with two attached hydrogens (primary N) is 1. The molecule has 1 amide bonds. The van der Waals surface area contributed by atoms with Crippen LogP contribution in [-0.4, -0.2) is 58.8 Å². The van der Waals surface area contributed by atoms with Crippen LogP contribution in [0.3, 0.4) is 0 Å². The highest BCUT2D eigenvalue weighted by atomic mass is 35.5. The van der Waals surface area contributed by atoms with E-state index >= 15 is 0 Å². The van der Waals surface area contributed by atoms with E-state index in [0.29, 0.717) is 35.2 Å². The van der Waals surface area contributed by atoms with Gasteiger partial charge in [-0.1, -0.05) is 26.0 Å². The number of halogens is 1. The number of rotatable bonds is 11. The molecule has 2 heterocycles. The van der Waals surface area contributed by atoms with Gasteiger partial charge in [0.15, 0.2) is 5.58 Å². The molecule has 4 N–H and O–H groups in total. The number of oxazole rings is 1. The number of nitrogens with zero attached hydrogens (tertiary/aromatic N) is 3. The molecule has 1 atom stereocenters. The lowest BCUT2D eigenvalue weighted by molar-refractivity contribution is -0.147. The molecule has 0 aliphatic rings. The number of carbonyl (C=O) groups is 2. The second kappa shape index (κ2) is 12.5. The van der Waals surface area contributed by atoms with Gasteiger partial charge in [-0.15, -0.1) is 12.4 Å². The number of para-hydroxylation sites is 2. The molecule has 4 aromatic rings. The lowest BCUT2D eigenvalue weighted by Gasteiger charge is -2.14. The molecule has 37 heavy (non-hydrogen) atoms. The molecular weight excluding hydrogens is 500 g/mol. The maximum Gasteiger partial charge on any atom is 0.323 e. The van der Waals surface area contributed by atoms with E-state index < -0.39 is 12.0 Å². The lowest BCUT2D eigenvalue weighted by atomic mass is 10.1. The van der Waals surface area contributed by atoms with Gasteiger partial charge in [0.25, 0.3) is 5.91 Å². The molecule has 4 rings (SSSR count). The zero-order chi connectivity index (χ0) is 25.7. The van der Waals surface area contributed by atoms with E-state index in [1.807, 2.05) is 55.8 Å². The van der Waals surface area contributed by atoms with Gasteiger partial charge in [0.1, 0.15) is 18.2 Å². The minimum Gasteiger partial charge on any atom is -0.462 e. The van der Waals surface area contributed by atoms with E-state index in [0.717, 1.165) is 11.0 Å². The van der Waals surface area contributed by atoms with Gasteiger partial charge in [-0.2, -0.15) is 4.98 Å². The van der Waals surface area contributed by atoms with Crippen molar-refractivity contribution >= 4 is 58.4 Å². The van der Waals surface area contributed by atoms with Crippen LogP contribution in [0.4, 0.5) is 12.0 Å². The summed E-state index contributed by atoms with van der Waals surface area (Å²) in [4.78, 5) is 33.2. The largest absolute Gasteiger partial charge is 0.462 e. The van der Waals surface area contributed by atoms with Crippen LogP contribution in [0, 0.1) is 5.92 Å². The zero-order valence-electron chi connectivity index (χ0n) is 20.9. The summed E-state index contributed by atoms with van der Waals surface area (Å²) in [7, 11) is 1.87.